The Kier molecular flexibility index (Phi) is 2.23. The molecule has 0 unspecified atom stereocenters. The zero-order chi connectivity index (χ0) is 8.54. The van der Waals surface area contributed by atoms with Crippen LogP contribution in [0.5, 0.6) is 0 Å². The molecule has 0 amide bonds. The lowest BCUT2D eigenvalue weighted by Gasteiger charge is -2.21. The van der Waals surface area contributed by atoms with Crippen molar-refractivity contribution < 1.29 is 14.5 Å². The molecule has 0 aromatic rings. The van der Waals surface area contributed by atoms with Crippen LogP contribution in [0.15, 0.2) is 0 Å². The summed E-state index contributed by atoms with van der Waals surface area (Å²) in [6.45, 7) is 7.78. The van der Waals surface area contributed by atoms with E-state index in [1.54, 1.807) is 0 Å². The molecule has 1 fully saturated rings. The fourth-order valence-electron chi connectivity index (χ4n) is 0.929. The first kappa shape index (κ1) is 8.97. The van der Waals surface area contributed by atoms with Gasteiger partial charge in [0.2, 0.25) is 11.6 Å². The first-order chi connectivity index (χ1) is 5.04. The van der Waals surface area contributed by atoms with Gasteiger partial charge in [0.1, 0.15) is 0 Å². The molecule has 0 aromatic carbocycles. The van der Waals surface area contributed by atoms with Gasteiger partial charge in [0.15, 0.2) is 0 Å². The van der Waals surface area contributed by atoms with Gasteiger partial charge < -0.3 is 4.74 Å². The summed E-state index contributed by atoms with van der Waals surface area (Å²) < 4.78 is 5.59. The zero-order valence-corrected chi connectivity index (χ0v) is 7.64. The minimum Gasteiger partial charge on any atom is -0.313 e. The van der Waals surface area contributed by atoms with Crippen LogP contribution >= 0.6 is 0 Å². The van der Waals surface area contributed by atoms with Crippen molar-refractivity contribution in [2.45, 2.75) is 52.1 Å². The summed E-state index contributed by atoms with van der Waals surface area (Å²) in [5, 5.41) is 0. The van der Waals surface area contributed by atoms with Crippen molar-refractivity contribution in [1.82, 2.24) is 0 Å². The van der Waals surface area contributed by atoms with Crippen molar-refractivity contribution in [1.29, 1.82) is 0 Å². The van der Waals surface area contributed by atoms with E-state index in [0.29, 0.717) is 0 Å². The Morgan fingerprint density at radius 2 is 1.27 bits per heavy atom. The Bertz CT molecular complexity index is 132. The van der Waals surface area contributed by atoms with E-state index in [1.807, 2.05) is 27.7 Å². The van der Waals surface area contributed by atoms with Crippen LogP contribution in [0.3, 0.4) is 0 Å². The van der Waals surface area contributed by atoms with E-state index < -0.39 is 11.6 Å². The number of hydrogen-bond donors (Lipinski definition) is 0. The number of hydrogen-bond acceptors (Lipinski definition) is 3. The standard InChI is InChI=1S/C8H16O3/c1-5-7(3)9-8(4,6-2)11-10-7/h5-6H2,1-4H3/t7-,8+. The number of ether oxygens (including phenoxy) is 1. The highest BCUT2D eigenvalue weighted by Crippen LogP contribution is 2.36. The predicted molar refractivity (Wildman–Crippen MR) is 40.6 cm³/mol. The fourth-order valence-corrected chi connectivity index (χ4v) is 0.929. The second-order valence-corrected chi connectivity index (χ2v) is 3.24. The van der Waals surface area contributed by atoms with Crippen LogP contribution in [0, 0.1) is 0 Å². The molecule has 1 rings (SSSR count). The van der Waals surface area contributed by atoms with E-state index in [0.717, 1.165) is 12.8 Å². The highest BCUT2D eigenvalue weighted by Gasteiger charge is 2.44. The highest BCUT2D eigenvalue weighted by atomic mass is 17.3. The van der Waals surface area contributed by atoms with Gasteiger partial charge in [0.05, 0.1) is 0 Å². The molecule has 0 spiro atoms. The third-order valence-electron chi connectivity index (χ3n) is 2.11. The molecule has 0 aromatic heterocycles. The average molecular weight is 160 g/mol. The van der Waals surface area contributed by atoms with Gasteiger partial charge in [-0.15, -0.1) is 0 Å². The van der Waals surface area contributed by atoms with Crippen molar-refractivity contribution in [3.8, 4) is 0 Å². The van der Waals surface area contributed by atoms with Crippen molar-refractivity contribution >= 4 is 0 Å². The molecule has 1 saturated heterocycles. The third kappa shape index (κ3) is 1.72. The van der Waals surface area contributed by atoms with Gasteiger partial charge in [-0.25, -0.2) is 0 Å². The largest absolute Gasteiger partial charge is 0.313 e. The first-order valence-corrected chi connectivity index (χ1v) is 4.10. The fraction of sp³-hybridized carbons (Fsp3) is 1.00. The minimum atomic E-state index is -0.551. The Morgan fingerprint density at radius 3 is 1.45 bits per heavy atom. The molecule has 3 nitrogen and oxygen atoms in total. The molecule has 0 radical (unpaired) electrons. The molecule has 1 heterocycles. The second-order valence-electron chi connectivity index (χ2n) is 3.24. The SMILES string of the molecule is CC[C@@]1(C)OO[C@@](C)(CC)O1. The Morgan fingerprint density at radius 1 is 0.909 bits per heavy atom. The summed E-state index contributed by atoms with van der Waals surface area (Å²) >= 11 is 0. The summed E-state index contributed by atoms with van der Waals surface area (Å²) in [6.07, 6.45) is 1.59. The van der Waals surface area contributed by atoms with E-state index in [1.165, 1.54) is 0 Å². The van der Waals surface area contributed by atoms with Crippen LogP contribution in [-0.4, -0.2) is 11.6 Å². The molecule has 0 N–H and O–H groups in total. The second kappa shape index (κ2) is 2.73. The van der Waals surface area contributed by atoms with Crippen molar-refractivity contribution in [2.24, 2.45) is 0 Å². The topological polar surface area (TPSA) is 27.7 Å². The van der Waals surface area contributed by atoms with Gasteiger partial charge in [-0.1, -0.05) is 13.8 Å². The Hall–Kier alpha value is -0.120. The monoisotopic (exact) mass is 160 g/mol. The van der Waals surface area contributed by atoms with E-state index in [9.17, 15) is 0 Å². The molecule has 0 saturated carbocycles. The van der Waals surface area contributed by atoms with Gasteiger partial charge in [-0.3, -0.25) is 0 Å². The summed E-state index contributed by atoms with van der Waals surface area (Å²) in [5.41, 5.74) is 0. The van der Waals surface area contributed by atoms with Crippen molar-refractivity contribution in [3.63, 3.8) is 0 Å². The van der Waals surface area contributed by atoms with Crippen molar-refractivity contribution in [3.05, 3.63) is 0 Å². The first-order valence-electron chi connectivity index (χ1n) is 4.10. The molecule has 66 valence electrons. The highest BCUT2D eigenvalue weighted by molar-refractivity contribution is 4.70. The Labute approximate surface area is 67.6 Å². The van der Waals surface area contributed by atoms with Crippen LogP contribution in [-0.2, 0) is 14.5 Å². The molecule has 1 aliphatic heterocycles. The van der Waals surface area contributed by atoms with E-state index in [2.05, 4.69) is 0 Å². The predicted octanol–water partition coefficient (Wildman–Crippen LogP) is 2.22. The number of rotatable bonds is 2. The molecule has 0 aliphatic carbocycles. The normalized spacial score (nSPS) is 44.7. The molecule has 1 aliphatic rings. The van der Waals surface area contributed by atoms with Gasteiger partial charge in [-0.2, -0.15) is 9.78 Å². The summed E-state index contributed by atoms with van der Waals surface area (Å²) in [7, 11) is 0. The molecule has 2 atom stereocenters. The lowest BCUT2D eigenvalue weighted by molar-refractivity contribution is -0.344. The minimum absolute atomic E-state index is 0.551. The third-order valence-corrected chi connectivity index (χ3v) is 2.11. The quantitative estimate of drug-likeness (QED) is 0.580. The van der Waals surface area contributed by atoms with Crippen LogP contribution in [0.4, 0.5) is 0 Å². The lowest BCUT2D eigenvalue weighted by atomic mass is 10.2. The van der Waals surface area contributed by atoms with Gasteiger partial charge in [0.25, 0.3) is 0 Å². The van der Waals surface area contributed by atoms with Crippen LogP contribution in [0.2, 0.25) is 0 Å². The van der Waals surface area contributed by atoms with Crippen molar-refractivity contribution in [2.75, 3.05) is 0 Å². The van der Waals surface area contributed by atoms with Gasteiger partial charge in [0, 0.05) is 12.8 Å². The molecular weight excluding hydrogens is 144 g/mol. The smallest absolute Gasteiger partial charge is 0.201 e. The van der Waals surface area contributed by atoms with Gasteiger partial charge >= 0.3 is 0 Å². The van der Waals surface area contributed by atoms with Crippen LogP contribution < -0.4 is 0 Å². The van der Waals surface area contributed by atoms with E-state index >= 15 is 0 Å². The zero-order valence-electron chi connectivity index (χ0n) is 7.64. The van der Waals surface area contributed by atoms with E-state index in [4.69, 9.17) is 14.5 Å². The molecule has 11 heavy (non-hydrogen) atoms. The molecule has 0 bridgehead atoms. The average Bonchev–Trinajstić information content (AvgIpc) is 2.30. The molecule has 3 heteroatoms. The maximum Gasteiger partial charge on any atom is 0.201 e. The van der Waals surface area contributed by atoms with E-state index in [-0.39, 0.29) is 0 Å². The van der Waals surface area contributed by atoms with Crippen LogP contribution in [0.1, 0.15) is 40.5 Å². The summed E-state index contributed by atoms with van der Waals surface area (Å²) in [6, 6.07) is 0. The summed E-state index contributed by atoms with van der Waals surface area (Å²) in [4.78, 5) is 10.1. The molecular formula is C8H16O3. The van der Waals surface area contributed by atoms with Crippen LogP contribution in [0.25, 0.3) is 0 Å². The Balaban J connectivity index is 2.58. The maximum absolute atomic E-state index is 5.59. The lowest BCUT2D eigenvalue weighted by Crippen LogP contribution is -2.30. The summed E-state index contributed by atoms with van der Waals surface area (Å²) in [5.74, 6) is -1.10. The van der Waals surface area contributed by atoms with Gasteiger partial charge in [-0.05, 0) is 13.8 Å². The maximum atomic E-state index is 5.59.